The zero-order valence-electron chi connectivity index (χ0n) is 15.4. The molecule has 0 radical (unpaired) electrons. The highest BCUT2D eigenvalue weighted by atomic mass is 16.6. The molecule has 0 bridgehead atoms. The van der Waals surface area contributed by atoms with Crippen LogP contribution in [0.5, 0.6) is 11.5 Å². The van der Waals surface area contributed by atoms with E-state index in [4.69, 9.17) is 4.74 Å². The van der Waals surface area contributed by atoms with Gasteiger partial charge in [0.25, 0.3) is 5.91 Å². The largest absolute Gasteiger partial charge is 0.500 e. The van der Waals surface area contributed by atoms with Gasteiger partial charge in [-0.2, -0.15) is 5.26 Å². The van der Waals surface area contributed by atoms with E-state index < -0.39 is 22.3 Å². The molecule has 0 heterocycles. The molecule has 1 amide bonds. The molecule has 0 aliphatic carbocycles. The lowest BCUT2D eigenvalue weighted by molar-refractivity contribution is -0.386. The Morgan fingerprint density at radius 2 is 2.07 bits per heavy atom. The lowest BCUT2D eigenvalue weighted by atomic mass is 10.1. The maximum Gasteiger partial charge on any atom is 0.315 e. The van der Waals surface area contributed by atoms with Crippen molar-refractivity contribution in [3.63, 3.8) is 0 Å². The third-order valence-electron chi connectivity index (χ3n) is 3.90. The molecule has 0 saturated heterocycles. The van der Waals surface area contributed by atoms with Gasteiger partial charge in [0, 0.05) is 6.07 Å². The van der Waals surface area contributed by atoms with Gasteiger partial charge in [-0.05, 0) is 37.1 Å². The molecule has 0 aliphatic heterocycles. The summed E-state index contributed by atoms with van der Waals surface area (Å²) >= 11 is 0. The Morgan fingerprint density at radius 1 is 1.39 bits per heavy atom. The van der Waals surface area contributed by atoms with Crippen LogP contribution in [0.4, 0.5) is 5.69 Å². The number of rotatable bonds is 7. The molecule has 2 N–H and O–H groups in total. The number of nitro benzene ring substituents is 1. The summed E-state index contributed by atoms with van der Waals surface area (Å²) in [6, 6.07) is 13.1. The number of nitrogens with one attached hydrogen (secondary N) is 1. The molecule has 0 unspecified atom stereocenters. The molecule has 0 fully saturated rings. The van der Waals surface area contributed by atoms with Crippen LogP contribution in [0.3, 0.4) is 0 Å². The summed E-state index contributed by atoms with van der Waals surface area (Å²) in [7, 11) is 0. The van der Waals surface area contributed by atoms with E-state index in [1.54, 1.807) is 19.9 Å². The molecule has 0 spiro atoms. The number of hydrogen-bond acceptors (Lipinski definition) is 6. The number of nitro groups is 1. The van der Waals surface area contributed by atoms with Crippen molar-refractivity contribution in [1.82, 2.24) is 5.32 Å². The van der Waals surface area contributed by atoms with Crippen molar-refractivity contribution in [2.75, 3.05) is 6.61 Å². The Bertz CT molecular complexity index is 948. The molecule has 2 rings (SSSR count). The Hall–Kier alpha value is -3.86. The highest BCUT2D eigenvalue weighted by molar-refractivity contribution is 6.02. The Morgan fingerprint density at radius 3 is 2.64 bits per heavy atom. The fourth-order valence-corrected chi connectivity index (χ4v) is 2.52. The molecule has 8 heteroatoms. The van der Waals surface area contributed by atoms with E-state index in [9.17, 15) is 25.3 Å². The van der Waals surface area contributed by atoms with Crippen molar-refractivity contribution >= 4 is 17.7 Å². The van der Waals surface area contributed by atoms with Crippen molar-refractivity contribution in [3.05, 3.63) is 69.3 Å². The van der Waals surface area contributed by atoms with Gasteiger partial charge in [-0.25, -0.2) is 0 Å². The number of nitriles is 1. The molecule has 2 aromatic carbocycles. The number of ether oxygens (including phenoxy) is 1. The van der Waals surface area contributed by atoms with E-state index in [-0.39, 0.29) is 29.5 Å². The second-order valence-corrected chi connectivity index (χ2v) is 5.85. The van der Waals surface area contributed by atoms with Crippen LogP contribution in [0.2, 0.25) is 0 Å². The molecule has 1 atom stereocenters. The molecule has 8 nitrogen and oxygen atoms in total. The number of hydrogen-bond donors (Lipinski definition) is 2. The average Bonchev–Trinajstić information content (AvgIpc) is 2.68. The number of benzene rings is 2. The Balaban J connectivity index is 2.34. The predicted octanol–water partition coefficient (Wildman–Crippen LogP) is 3.48. The van der Waals surface area contributed by atoms with E-state index in [2.05, 4.69) is 5.32 Å². The van der Waals surface area contributed by atoms with Crippen LogP contribution in [0.25, 0.3) is 6.08 Å². The molecule has 0 saturated carbocycles. The molecule has 28 heavy (non-hydrogen) atoms. The van der Waals surface area contributed by atoms with Crippen LogP contribution in [-0.4, -0.2) is 22.5 Å². The van der Waals surface area contributed by atoms with Gasteiger partial charge >= 0.3 is 5.69 Å². The van der Waals surface area contributed by atoms with Crippen LogP contribution >= 0.6 is 0 Å². The lowest BCUT2D eigenvalue weighted by Crippen LogP contribution is -2.27. The number of aromatic hydroxyl groups is 1. The van der Waals surface area contributed by atoms with Gasteiger partial charge < -0.3 is 15.2 Å². The maximum atomic E-state index is 12.4. The first-order chi connectivity index (χ1) is 13.4. The predicted molar refractivity (Wildman–Crippen MR) is 103 cm³/mol. The highest BCUT2D eigenvalue weighted by Crippen LogP contribution is 2.37. The summed E-state index contributed by atoms with van der Waals surface area (Å²) in [6.07, 6.45) is 1.21. The van der Waals surface area contributed by atoms with Crippen molar-refractivity contribution < 1.29 is 19.6 Å². The maximum absolute atomic E-state index is 12.4. The van der Waals surface area contributed by atoms with Gasteiger partial charge in [-0.15, -0.1) is 0 Å². The number of phenols is 1. The van der Waals surface area contributed by atoms with Crippen molar-refractivity contribution in [2.45, 2.75) is 19.9 Å². The second-order valence-electron chi connectivity index (χ2n) is 5.85. The number of nitrogens with zero attached hydrogens (tertiary/aromatic N) is 2. The average molecular weight is 381 g/mol. The van der Waals surface area contributed by atoms with Gasteiger partial charge in [-0.3, -0.25) is 14.9 Å². The van der Waals surface area contributed by atoms with Gasteiger partial charge in [0.2, 0.25) is 5.75 Å². The number of carbonyl (C=O) groups is 1. The first kappa shape index (κ1) is 20.5. The van der Waals surface area contributed by atoms with Gasteiger partial charge in [0.05, 0.1) is 17.6 Å². The van der Waals surface area contributed by atoms with Crippen molar-refractivity contribution in [2.24, 2.45) is 0 Å². The molecular formula is C20H19N3O5. The van der Waals surface area contributed by atoms with E-state index in [0.717, 1.165) is 11.6 Å². The Labute approximate surface area is 161 Å². The lowest BCUT2D eigenvalue weighted by Gasteiger charge is -2.14. The van der Waals surface area contributed by atoms with Gasteiger partial charge in [0.1, 0.15) is 11.6 Å². The standard InChI is InChI=1S/C20H19N3O5/c1-3-28-18-11-14(10-17(19(18)24)23(26)27)9-16(12-21)20(25)22-13(2)15-7-5-4-6-8-15/h4-11,13,24H,3H2,1-2H3,(H,22,25)/b16-9-/t13-/m0/s1. The van der Waals surface area contributed by atoms with Gasteiger partial charge in [0.15, 0.2) is 5.75 Å². The summed E-state index contributed by atoms with van der Waals surface area (Å²) in [5, 5.41) is 33.1. The van der Waals surface area contributed by atoms with Crippen LogP contribution in [0, 0.1) is 21.4 Å². The monoisotopic (exact) mass is 381 g/mol. The number of phenolic OH excluding ortho intramolecular Hbond substituents is 1. The van der Waals surface area contributed by atoms with Crippen LogP contribution < -0.4 is 10.1 Å². The summed E-state index contributed by atoms with van der Waals surface area (Å²) in [6.45, 7) is 3.62. The minimum absolute atomic E-state index is 0.0988. The zero-order valence-corrected chi connectivity index (χ0v) is 15.4. The van der Waals surface area contributed by atoms with Gasteiger partial charge in [-0.1, -0.05) is 30.3 Å². The molecule has 0 aliphatic rings. The zero-order chi connectivity index (χ0) is 20.7. The number of amides is 1. The van der Waals surface area contributed by atoms with E-state index in [0.29, 0.717) is 0 Å². The minimum atomic E-state index is -0.765. The molecular weight excluding hydrogens is 362 g/mol. The molecule has 2 aromatic rings. The SMILES string of the molecule is CCOc1cc(/C=C(/C#N)C(=O)N[C@@H](C)c2ccccc2)cc([N+](=O)[O-])c1O. The summed E-state index contributed by atoms with van der Waals surface area (Å²) in [5.74, 6) is -1.32. The van der Waals surface area contributed by atoms with E-state index >= 15 is 0 Å². The van der Waals surface area contributed by atoms with E-state index in [1.165, 1.54) is 12.1 Å². The first-order valence-electron chi connectivity index (χ1n) is 8.49. The highest BCUT2D eigenvalue weighted by Gasteiger charge is 2.21. The third-order valence-corrected chi connectivity index (χ3v) is 3.90. The summed E-state index contributed by atoms with van der Waals surface area (Å²) < 4.78 is 5.20. The third kappa shape index (κ3) is 4.86. The number of carbonyl (C=O) groups excluding carboxylic acids is 1. The quantitative estimate of drug-likeness (QED) is 0.327. The van der Waals surface area contributed by atoms with E-state index in [1.807, 2.05) is 30.3 Å². The fourth-order valence-electron chi connectivity index (χ4n) is 2.52. The van der Waals surface area contributed by atoms with Crippen molar-refractivity contribution in [1.29, 1.82) is 5.26 Å². The fraction of sp³-hybridized carbons (Fsp3) is 0.200. The summed E-state index contributed by atoms with van der Waals surface area (Å²) in [5.41, 5.74) is 0.247. The Kier molecular flexibility index (Phi) is 6.71. The topological polar surface area (TPSA) is 125 Å². The van der Waals surface area contributed by atoms with Crippen molar-refractivity contribution in [3.8, 4) is 17.6 Å². The van der Waals surface area contributed by atoms with Crippen LogP contribution in [0.1, 0.15) is 31.0 Å². The minimum Gasteiger partial charge on any atom is -0.500 e. The first-order valence-corrected chi connectivity index (χ1v) is 8.49. The van der Waals surface area contributed by atoms with Crippen LogP contribution in [-0.2, 0) is 4.79 Å². The normalized spacial score (nSPS) is 12.0. The molecule has 144 valence electrons. The smallest absolute Gasteiger partial charge is 0.315 e. The van der Waals surface area contributed by atoms with Crippen LogP contribution in [0.15, 0.2) is 48.0 Å². The molecule has 0 aromatic heterocycles. The second kappa shape index (κ2) is 9.19. The summed E-state index contributed by atoms with van der Waals surface area (Å²) in [4.78, 5) is 22.8.